The number of rotatable bonds is 5. The van der Waals surface area contributed by atoms with Crippen molar-refractivity contribution in [1.29, 1.82) is 0 Å². The van der Waals surface area contributed by atoms with Gasteiger partial charge in [-0.3, -0.25) is 4.79 Å². The summed E-state index contributed by atoms with van der Waals surface area (Å²) < 4.78 is 10.4. The zero-order valence-electron chi connectivity index (χ0n) is 10.5. The molecular formula is C12H23NO3. The van der Waals surface area contributed by atoms with E-state index in [1.807, 2.05) is 6.92 Å². The Bertz CT molecular complexity index is 224. The van der Waals surface area contributed by atoms with Crippen molar-refractivity contribution >= 4 is 5.97 Å². The molecule has 0 aromatic carbocycles. The average Bonchev–Trinajstić information content (AvgIpc) is 2.30. The molecule has 4 nitrogen and oxygen atoms in total. The molecule has 1 aliphatic rings. The molecule has 94 valence electrons. The molecule has 0 aromatic heterocycles. The van der Waals surface area contributed by atoms with Crippen molar-refractivity contribution in [3.8, 4) is 0 Å². The third-order valence-electron chi connectivity index (χ3n) is 3.38. The Kier molecular flexibility index (Phi) is 5.22. The normalized spacial score (nSPS) is 21.4. The van der Waals surface area contributed by atoms with Gasteiger partial charge in [-0.25, -0.2) is 0 Å². The van der Waals surface area contributed by atoms with Crippen LogP contribution < -0.4 is 5.32 Å². The second-order valence-corrected chi connectivity index (χ2v) is 4.56. The summed E-state index contributed by atoms with van der Waals surface area (Å²) in [5.41, 5.74) is -0.271. The van der Waals surface area contributed by atoms with Gasteiger partial charge in [-0.2, -0.15) is 0 Å². The molecule has 1 unspecified atom stereocenters. The smallest absolute Gasteiger partial charge is 0.312 e. The van der Waals surface area contributed by atoms with Gasteiger partial charge in [0.05, 0.1) is 12.0 Å². The molecule has 1 aliphatic heterocycles. The van der Waals surface area contributed by atoms with Gasteiger partial charge in [0.25, 0.3) is 0 Å². The van der Waals surface area contributed by atoms with Gasteiger partial charge in [-0.15, -0.1) is 0 Å². The minimum absolute atomic E-state index is 0.0546. The van der Waals surface area contributed by atoms with Crippen molar-refractivity contribution < 1.29 is 14.3 Å². The predicted octanol–water partition coefficient (Wildman–Crippen LogP) is 1.34. The fourth-order valence-corrected chi connectivity index (χ4v) is 2.18. The molecule has 1 heterocycles. The van der Waals surface area contributed by atoms with E-state index < -0.39 is 0 Å². The highest BCUT2D eigenvalue weighted by molar-refractivity contribution is 5.77. The standard InChI is InChI=1S/C12H23NO3/c1-4-12(5-7-13-8-6-12)11(14)16-10(2)9-15-3/h10,13H,4-9H2,1-3H3. The van der Waals surface area contributed by atoms with Gasteiger partial charge in [0.15, 0.2) is 0 Å². The first-order valence-electron chi connectivity index (χ1n) is 6.05. The Morgan fingerprint density at radius 2 is 2.06 bits per heavy atom. The van der Waals surface area contributed by atoms with Crippen LogP contribution in [0.3, 0.4) is 0 Å². The van der Waals surface area contributed by atoms with E-state index in [2.05, 4.69) is 12.2 Å². The fourth-order valence-electron chi connectivity index (χ4n) is 2.18. The Labute approximate surface area is 97.7 Å². The lowest BCUT2D eigenvalue weighted by Gasteiger charge is -2.35. The van der Waals surface area contributed by atoms with Crippen LogP contribution in [0.5, 0.6) is 0 Å². The number of carbonyl (C=O) groups is 1. The molecule has 1 fully saturated rings. The molecule has 16 heavy (non-hydrogen) atoms. The maximum Gasteiger partial charge on any atom is 0.312 e. The lowest BCUT2D eigenvalue weighted by Crippen LogP contribution is -2.43. The minimum atomic E-state index is -0.271. The largest absolute Gasteiger partial charge is 0.460 e. The van der Waals surface area contributed by atoms with Gasteiger partial charge in [-0.1, -0.05) is 6.92 Å². The van der Waals surface area contributed by atoms with Crippen LogP contribution in [0.15, 0.2) is 0 Å². The summed E-state index contributed by atoms with van der Waals surface area (Å²) in [5.74, 6) is -0.0546. The predicted molar refractivity (Wildman–Crippen MR) is 62.3 cm³/mol. The van der Waals surface area contributed by atoms with Crippen LogP contribution >= 0.6 is 0 Å². The first-order chi connectivity index (χ1) is 7.64. The number of piperidine rings is 1. The molecule has 0 bridgehead atoms. The van der Waals surface area contributed by atoms with Crippen molar-refractivity contribution in [2.45, 2.75) is 39.2 Å². The van der Waals surface area contributed by atoms with Gasteiger partial charge in [0, 0.05) is 7.11 Å². The van der Waals surface area contributed by atoms with Crippen molar-refractivity contribution in [1.82, 2.24) is 5.32 Å². The average molecular weight is 229 g/mol. The van der Waals surface area contributed by atoms with Crippen molar-refractivity contribution in [3.05, 3.63) is 0 Å². The van der Waals surface area contributed by atoms with E-state index >= 15 is 0 Å². The molecule has 1 saturated heterocycles. The fraction of sp³-hybridized carbons (Fsp3) is 0.917. The van der Waals surface area contributed by atoms with Gasteiger partial charge in [0.1, 0.15) is 6.10 Å². The number of ether oxygens (including phenoxy) is 2. The summed E-state index contributed by atoms with van der Waals surface area (Å²) in [6.07, 6.45) is 2.45. The Morgan fingerprint density at radius 3 is 2.56 bits per heavy atom. The minimum Gasteiger partial charge on any atom is -0.460 e. The molecular weight excluding hydrogens is 206 g/mol. The van der Waals surface area contributed by atoms with Crippen LogP contribution in [0.4, 0.5) is 0 Å². The SMILES string of the molecule is CCC1(C(=O)OC(C)COC)CCNCC1. The Morgan fingerprint density at radius 1 is 1.44 bits per heavy atom. The van der Waals surface area contributed by atoms with E-state index in [0.29, 0.717) is 6.61 Å². The highest BCUT2D eigenvalue weighted by Gasteiger charge is 2.39. The number of hydrogen-bond donors (Lipinski definition) is 1. The van der Waals surface area contributed by atoms with E-state index in [1.54, 1.807) is 7.11 Å². The topological polar surface area (TPSA) is 47.6 Å². The number of hydrogen-bond acceptors (Lipinski definition) is 4. The number of esters is 1. The second-order valence-electron chi connectivity index (χ2n) is 4.56. The van der Waals surface area contributed by atoms with Gasteiger partial charge in [0.2, 0.25) is 0 Å². The molecule has 0 aliphatic carbocycles. The maximum atomic E-state index is 12.1. The van der Waals surface area contributed by atoms with Crippen LogP contribution in [0, 0.1) is 5.41 Å². The van der Waals surface area contributed by atoms with E-state index in [9.17, 15) is 4.79 Å². The number of nitrogens with one attached hydrogen (secondary N) is 1. The highest BCUT2D eigenvalue weighted by Crippen LogP contribution is 2.34. The number of carbonyl (C=O) groups excluding carboxylic acids is 1. The van der Waals surface area contributed by atoms with Gasteiger partial charge >= 0.3 is 5.97 Å². The summed E-state index contributed by atoms with van der Waals surface area (Å²) in [4.78, 5) is 12.1. The van der Waals surface area contributed by atoms with Crippen LogP contribution in [-0.4, -0.2) is 38.9 Å². The van der Waals surface area contributed by atoms with E-state index in [-0.39, 0.29) is 17.5 Å². The molecule has 0 aromatic rings. The molecule has 1 N–H and O–H groups in total. The summed E-state index contributed by atoms with van der Waals surface area (Å²) >= 11 is 0. The third-order valence-corrected chi connectivity index (χ3v) is 3.38. The highest BCUT2D eigenvalue weighted by atomic mass is 16.6. The molecule has 1 rings (SSSR count). The molecule has 0 amide bonds. The van der Waals surface area contributed by atoms with Crippen LogP contribution in [0.1, 0.15) is 33.1 Å². The van der Waals surface area contributed by atoms with Crippen LogP contribution in [0.25, 0.3) is 0 Å². The first-order valence-corrected chi connectivity index (χ1v) is 6.05. The molecule has 4 heteroatoms. The van der Waals surface area contributed by atoms with Crippen molar-refractivity contribution in [2.75, 3.05) is 26.8 Å². The monoisotopic (exact) mass is 229 g/mol. The summed E-state index contributed by atoms with van der Waals surface area (Å²) in [7, 11) is 1.62. The van der Waals surface area contributed by atoms with Gasteiger partial charge < -0.3 is 14.8 Å². The second kappa shape index (κ2) is 6.21. The van der Waals surface area contributed by atoms with Crippen LogP contribution in [0.2, 0.25) is 0 Å². The quantitative estimate of drug-likeness (QED) is 0.723. The number of methoxy groups -OCH3 is 1. The summed E-state index contributed by atoms with van der Waals surface area (Å²) in [5, 5.41) is 3.27. The lowest BCUT2D eigenvalue weighted by atomic mass is 9.77. The van der Waals surface area contributed by atoms with E-state index in [1.165, 1.54) is 0 Å². The van der Waals surface area contributed by atoms with Crippen molar-refractivity contribution in [3.63, 3.8) is 0 Å². The van der Waals surface area contributed by atoms with Gasteiger partial charge in [-0.05, 0) is 39.3 Å². The van der Waals surface area contributed by atoms with E-state index in [4.69, 9.17) is 9.47 Å². The van der Waals surface area contributed by atoms with E-state index in [0.717, 1.165) is 32.4 Å². The summed E-state index contributed by atoms with van der Waals surface area (Å²) in [6.45, 7) is 6.20. The Hall–Kier alpha value is -0.610. The maximum absolute atomic E-state index is 12.1. The van der Waals surface area contributed by atoms with Crippen LogP contribution in [-0.2, 0) is 14.3 Å². The lowest BCUT2D eigenvalue weighted by molar-refractivity contribution is -0.165. The third kappa shape index (κ3) is 3.19. The molecule has 0 radical (unpaired) electrons. The molecule has 0 spiro atoms. The zero-order chi connectivity index (χ0) is 12.0. The molecule has 1 atom stereocenters. The zero-order valence-corrected chi connectivity index (χ0v) is 10.5. The van der Waals surface area contributed by atoms with Crippen molar-refractivity contribution in [2.24, 2.45) is 5.41 Å². The molecule has 0 saturated carbocycles. The Balaban J connectivity index is 2.54. The summed E-state index contributed by atoms with van der Waals surface area (Å²) in [6, 6.07) is 0. The first kappa shape index (κ1) is 13.5.